The van der Waals surface area contributed by atoms with Crippen LogP contribution in [-0.4, -0.2) is 23.6 Å². The third-order valence-electron chi connectivity index (χ3n) is 1.66. The minimum Gasteiger partial charge on any atom is -0.368 e. The molecule has 1 aromatic heterocycles. The first kappa shape index (κ1) is 9.67. The SMILES string of the molecule is CNCC=Cc1cnc(N)nc1C. The monoisotopic (exact) mass is 178 g/mol. The topological polar surface area (TPSA) is 63.8 Å². The zero-order valence-electron chi connectivity index (χ0n) is 7.91. The molecule has 0 spiro atoms. The van der Waals surface area contributed by atoms with Gasteiger partial charge in [0.05, 0.1) is 5.69 Å². The van der Waals surface area contributed by atoms with Gasteiger partial charge in [0.2, 0.25) is 5.95 Å². The Labute approximate surface area is 77.9 Å². The third-order valence-corrected chi connectivity index (χ3v) is 1.66. The number of hydrogen-bond acceptors (Lipinski definition) is 4. The summed E-state index contributed by atoms with van der Waals surface area (Å²) in [5.41, 5.74) is 7.33. The Morgan fingerprint density at radius 3 is 3.00 bits per heavy atom. The Bertz CT molecular complexity index is 306. The highest BCUT2D eigenvalue weighted by atomic mass is 15.0. The van der Waals surface area contributed by atoms with Crippen LogP contribution in [-0.2, 0) is 0 Å². The second-order valence-electron chi connectivity index (χ2n) is 2.73. The van der Waals surface area contributed by atoms with E-state index in [2.05, 4.69) is 15.3 Å². The average molecular weight is 178 g/mol. The van der Waals surface area contributed by atoms with E-state index in [9.17, 15) is 0 Å². The average Bonchev–Trinajstić information content (AvgIpc) is 2.09. The van der Waals surface area contributed by atoms with Gasteiger partial charge >= 0.3 is 0 Å². The fourth-order valence-electron chi connectivity index (χ4n) is 0.962. The molecule has 1 aromatic rings. The summed E-state index contributed by atoms with van der Waals surface area (Å²) in [7, 11) is 1.90. The minimum atomic E-state index is 0.322. The van der Waals surface area contributed by atoms with Gasteiger partial charge < -0.3 is 11.1 Å². The summed E-state index contributed by atoms with van der Waals surface area (Å²) in [6.45, 7) is 2.75. The van der Waals surface area contributed by atoms with E-state index in [-0.39, 0.29) is 0 Å². The highest BCUT2D eigenvalue weighted by Gasteiger charge is 1.96. The maximum absolute atomic E-state index is 5.42. The van der Waals surface area contributed by atoms with Gasteiger partial charge in [0, 0.05) is 18.3 Å². The molecule has 70 valence electrons. The normalized spacial score (nSPS) is 10.9. The second-order valence-corrected chi connectivity index (χ2v) is 2.73. The smallest absolute Gasteiger partial charge is 0.220 e. The van der Waals surface area contributed by atoms with Gasteiger partial charge in [-0.25, -0.2) is 9.97 Å². The summed E-state index contributed by atoms with van der Waals surface area (Å²) in [6.07, 6.45) is 5.72. The Kier molecular flexibility index (Phi) is 3.40. The molecule has 1 heterocycles. The summed E-state index contributed by atoms with van der Waals surface area (Å²) in [5, 5.41) is 3.02. The first-order chi connectivity index (χ1) is 6.24. The number of hydrogen-bond donors (Lipinski definition) is 2. The second kappa shape index (κ2) is 4.57. The zero-order valence-corrected chi connectivity index (χ0v) is 7.91. The predicted octanol–water partition coefficient (Wildman–Crippen LogP) is 0.600. The number of likely N-dealkylation sites (N-methyl/N-ethyl adjacent to an activating group) is 1. The molecule has 0 unspecified atom stereocenters. The summed E-state index contributed by atoms with van der Waals surface area (Å²) in [5.74, 6) is 0.322. The Hall–Kier alpha value is -1.42. The zero-order chi connectivity index (χ0) is 9.68. The number of aryl methyl sites for hydroxylation is 1. The molecule has 4 heteroatoms. The number of aromatic nitrogens is 2. The number of rotatable bonds is 3. The van der Waals surface area contributed by atoms with Crippen LogP contribution in [0.2, 0.25) is 0 Å². The molecule has 0 radical (unpaired) electrons. The number of nitrogens with one attached hydrogen (secondary N) is 1. The van der Waals surface area contributed by atoms with Crippen LogP contribution in [0.1, 0.15) is 11.3 Å². The third kappa shape index (κ3) is 2.83. The van der Waals surface area contributed by atoms with Crippen molar-refractivity contribution in [3.8, 4) is 0 Å². The van der Waals surface area contributed by atoms with Gasteiger partial charge in [0.1, 0.15) is 0 Å². The van der Waals surface area contributed by atoms with Crippen molar-refractivity contribution in [3.05, 3.63) is 23.5 Å². The van der Waals surface area contributed by atoms with Gasteiger partial charge in [-0.1, -0.05) is 12.2 Å². The van der Waals surface area contributed by atoms with E-state index in [1.807, 2.05) is 26.1 Å². The lowest BCUT2D eigenvalue weighted by Gasteiger charge is -1.99. The first-order valence-corrected chi connectivity index (χ1v) is 4.14. The first-order valence-electron chi connectivity index (χ1n) is 4.14. The summed E-state index contributed by atoms with van der Waals surface area (Å²) in [4.78, 5) is 7.96. The molecular formula is C9H14N4. The minimum absolute atomic E-state index is 0.322. The van der Waals surface area contributed by atoms with E-state index >= 15 is 0 Å². The molecule has 0 aliphatic carbocycles. The highest BCUT2D eigenvalue weighted by molar-refractivity contribution is 5.51. The Morgan fingerprint density at radius 2 is 2.38 bits per heavy atom. The lowest BCUT2D eigenvalue weighted by Crippen LogP contribution is -2.04. The van der Waals surface area contributed by atoms with Gasteiger partial charge in [-0.3, -0.25) is 0 Å². The quantitative estimate of drug-likeness (QED) is 0.711. The largest absolute Gasteiger partial charge is 0.368 e. The molecule has 0 aliphatic heterocycles. The molecule has 0 bridgehead atoms. The van der Waals surface area contributed by atoms with Crippen LogP contribution in [0.3, 0.4) is 0 Å². The van der Waals surface area contributed by atoms with Crippen molar-refractivity contribution >= 4 is 12.0 Å². The maximum Gasteiger partial charge on any atom is 0.220 e. The maximum atomic E-state index is 5.42. The molecule has 0 saturated heterocycles. The van der Waals surface area contributed by atoms with Crippen molar-refractivity contribution < 1.29 is 0 Å². The summed E-state index contributed by atoms with van der Waals surface area (Å²) in [6, 6.07) is 0. The lowest BCUT2D eigenvalue weighted by molar-refractivity contribution is 0.922. The fraction of sp³-hybridized carbons (Fsp3) is 0.333. The number of nitrogen functional groups attached to an aromatic ring is 1. The summed E-state index contributed by atoms with van der Waals surface area (Å²) < 4.78 is 0. The van der Waals surface area contributed by atoms with E-state index in [1.54, 1.807) is 6.20 Å². The number of nitrogens with zero attached hydrogens (tertiary/aromatic N) is 2. The van der Waals surface area contributed by atoms with Crippen molar-refractivity contribution in [1.82, 2.24) is 15.3 Å². The molecule has 0 atom stereocenters. The van der Waals surface area contributed by atoms with Crippen molar-refractivity contribution in [2.75, 3.05) is 19.3 Å². The van der Waals surface area contributed by atoms with Crippen LogP contribution < -0.4 is 11.1 Å². The molecule has 0 aromatic carbocycles. The predicted molar refractivity (Wildman–Crippen MR) is 54.1 cm³/mol. The van der Waals surface area contributed by atoms with Gasteiger partial charge in [-0.05, 0) is 14.0 Å². The molecule has 3 N–H and O–H groups in total. The van der Waals surface area contributed by atoms with Crippen LogP contribution in [0, 0.1) is 6.92 Å². The van der Waals surface area contributed by atoms with E-state index in [1.165, 1.54) is 0 Å². The lowest BCUT2D eigenvalue weighted by atomic mass is 10.2. The molecule has 0 saturated carbocycles. The van der Waals surface area contributed by atoms with E-state index in [4.69, 9.17) is 5.73 Å². The van der Waals surface area contributed by atoms with Crippen LogP contribution in [0.15, 0.2) is 12.3 Å². The fourth-order valence-corrected chi connectivity index (χ4v) is 0.962. The molecule has 1 rings (SSSR count). The van der Waals surface area contributed by atoms with Gasteiger partial charge in [-0.15, -0.1) is 0 Å². The van der Waals surface area contributed by atoms with Crippen LogP contribution in [0.4, 0.5) is 5.95 Å². The molecule has 13 heavy (non-hydrogen) atoms. The van der Waals surface area contributed by atoms with Crippen molar-refractivity contribution in [2.24, 2.45) is 0 Å². The van der Waals surface area contributed by atoms with Crippen molar-refractivity contribution in [1.29, 1.82) is 0 Å². The van der Waals surface area contributed by atoms with Crippen molar-refractivity contribution in [2.45, 2.75) is 6.92 Å². The van der Waals surface area contributed by atoms with E-state index in [0.29, 0.717) is 5.95 Å². The van der Waals surface area contributed by atoms with Crippen LogP contribution in [0.25, 0.3) is 6.08 Å². The molecule has 4 nitrogen and oxygen atoms in total. The van der Waals surface area contributed by atoms with Crippen LogP contribution >= 0.6 is 0 Å². The molecular weight excluding hydrogens is 164 g/mol. The Balaban J connectivity index is 2.77. The molecule has 0 amide bonds. The number of anilines is 1. The molecule has 0 fully saturated rings. The standard InChI is InChI=1S/C9H14N4/c1-7-8(4-3-5-11-2)6-12-9(10)13-7/h3-4,6,11H,5H2,1-2H3,(H2,10,12,13). The summed E-state index contributed by atoms with van der Waals surface area (Å²) >= 11 is 0. The molecule has 0 aliphatic rings. The number of nitrogens with two attached hydrogens (primary N) is 1. The van der Waals surface area contributed by atoms with Crippen molar-refractivity contribution in [3.63, 3.8) is 0 Å². The van der Waals surface area contributed by atoms with Gasteiger partial charge in [0.25, 0.3) is 0 Å². The van der Waals surface area contributed by atoms with Gasteiger partial charge in [0.15, 0.2) is 0 Å². The van der Waals surface area contributed by atoms with E-state index in [0.717, 1.165) is 17.8 Å². The Morgan fingerprint density at radius 1 is 1.62 bits per heavy atom. The van der Waals surface area contributed by atoms with Crippen LogP contribution in [0.5, 0.6) is 0 Å². The van der Waals surface area contributed by atoms with E-state index < -0.39 is 0 Å². The highest BCUT2D eigenvalue weighted by Crippen LogP contribution is 2.06. The van der Waals surface area contributed by atoms with Gasteiger partial charge in [-0.2, -0.15) is 0 Å².